The van der Waals surface area contributed by atoms with E-state index in [-0.39, 0.29) is 16.4 Å². The third kappa shape index (κ3) is 4.89. The van der Waals surface area contributed by atoms with E-state index in [1.54, 1.807) is 6.20 Å². The molecule has 0 radical (unpaired) electrons. The molecule has 3 heterocycles. The minimum Gasteiger partial charge on any atom is -0.609 e. The number of piperidine rings is 1. The van der Waals surface area contributed by atoms with Gasteiger partial charge in [0.05, 0.1) is 21.7 Å². The van der Waals surface area contributed by atoms with Gasteiger partial charge in [-0.25, -0.2) is 0 Å². The molecule has 32 heavy (non-hydrogen) atoms. The zero-order valence-corrected chi connectivity index (χ0v) is 18.2. The number of aromatic nitrogens is 3. The number of ether oxygens (including phenoxy) is 1. The molecule has 3 aromatic rings. The first kappa shape index (κ1) is 22.9. The maximum atomic E-state index is 13.1. The van der Waals surface area contributed by atoms with Gasteiger partial charge in [0.2, 0.25) is 0 Å². The third-order valence-corrected chi connectivity index (χ3v) is 6.63. The van der Waals surface area contributed by atoms with Crippen molar-refractivity contribution >= 4 is 39.5 Å². The molecular formula is C20H19ClF4N4O2S. The molecule has 1 aromatic carbocycles. The molecule has 1 saturated heterocycles. The Morgan fingerprint density at radius 2 is 1.97 bits per heavy atom. The number of hydrogen-bond acceptors (Lipinski definition) is 5. The van der Waals surface area contributed by atoms with Crippen LogP contribution in [0.2, 0.25) is 5.02 Å². The van der Waals surface area contributed by atoms with E-state index >= 15 is 0 Å². The van der Waals surface area contributed by atoms with Crippen molar-refractivity contribution in [2.24, 2.45) is 0 Å². The van der Waals surface area contributed by atoms with Crippen molar-refractivity contribution in [2.75, 3.05) is 18.0 Å². The van der Waals surface area contributed by atoms with E-state index in [0.717, 1.165) is 43.8 Å². The van der Waals surface area contributed by atoms with E-state index in [1.165, 1.54) is 12.5 Å². The van der Waals surface area contributed by atoms with Gasteiger partial charge in [0.1, 0.15) is 11.4 Å². The van der Waals surface area contributed by atoms with E-state index in [2.05, 4.69) is 24.6 Å². The summed E-state index contributed by atoms with van der Waals surface area (Å²) in [7, 11) is 0. The molecule has 172 valence electrons. The summed E-state index contributed by atoms with van der Waals surface area (Å²) >= 11 is 4.88. The minimum absolute atomic E-state index is 0.00680. The zero-order chi connectivity index (χ0) is 22.9. The van der Waals surface area contributed by atoms with Gasteiger partial charge in [-0.2, -0.15) is 22.5 Å². The van der Waals surface area contributed by atoms with Crippen LogP contribution in [0.15, 0.2) is 35.6 Å². The van der Waals surface area contributed by atoms with E-state index in [0.29, 0.717) is 16.2 Å². The van der Waals surface area contributed by atoms with Gasteiger partial charge in [-0.15, -0.1) is 0 Å². The van der Waals surface area contributed by atoms with Crippen LogP contribution in [0.3, 0.4) is 0 Å². The zero-order valence-electron chi connectivity index (χ0n) is 16.7. The number of rotatable bonds is 7. The Labute approximate surface area is 189 Å². The number of alkyl halides is 4. The molecule has 1 fully saturated rings. The third-order valence-electron chi connectivity index (χ3n) is 5.06. The number of fused-ring (bicyclic) bond motifs is 1. The van der Waals surface area contributed by atoms with Crippen molar-refractivity contribution in [1.82, 2.24) is 15.0 Å². The van der Waals surface area contributed by atoms with Gasteiger partial charge in [-0.1, -0.05) is 11.6 Å². The first-order valence-corrected chi connectivity index (χ1v) is 11.6. The molecule has 4 rings (SSSR count). The molecular weight excluding hydrogens is 472 g/mol. The summed E-state index contributed by atoms with van der Waals surface area (Å²) in [5, 5.41) is 0.516. The Kier molecular flexibility index (Phi) is 6.68. The highest BCUT2D eigenvalue weighted by Crippen LogP contribution is 2.33. The van der Waals surface area contributed by atoms with Crippen LogP contribution < -0.4 is 9.64 Å². The summed E-state index contributed by atoms with van der Waals surface area (Å²) in [6, 6.07) is 5.34. The van der Waals surface area contributed by atoms with Crippen molar-refractivity contribution in [2.45, 2.75) is 42.7 Å². The van der Waals surface area contributed by atoms with Crippen molar-refractivity contribution < 1.29 is 26.9 Å². The van der Waals surface area contributed by atoms with E-state index in [1.807, 2.05) is 6.07 Å². The maximum absolute atomic E-state index is 13.1. The second-order valence-electron chi connectivity index (χ2n) is 7.31. The maximum Gasteiger partial charge on any atom is 0.461 e. The number of H-pyrrole nitrogens is 1. The summed E-state index contributed by atoms with van der Waals surface area (Å²) in [6.07, 6.45) is -3.65. The number of halogens is 5. The van der Waals surface area contributed by atoms with Crippen LogP contribution in [0, 0.1) is 0 Å². The predicted molar refractivity (Wildman–Crippen MR) is 113 cm³/mol. The molecule has 0 spiro atoms. The topological polar surface area (TPSA) is 77.1 Å². The molecule has 1 aliphatic heterocycles. The Morgan fingerprint density at radius 3 is 2.69 bits per heavy atom. The smallest absolute Gasteiger partial charge is 0.461 e. The Morgan fingerprint density at radius 1 is 1.22 bits per heavy atom. The molecule has 0 aliphatic carbocycles. The van der Waals surface area contributed by atoms with Crippen LogP contribution in [-0.2, 0) is 16.9 Å². The van der Waals surface area contributed by atoms with E-state index in [4.69, 9.17) is 11.6 Å². The van der Waals surface area contributed by atoms with Crippen LogP contribution >= 0.6 is 11.6 Å². The molecule has 0 amide bonds. The quantitative estimate of drug-likeness (QED) is 0.366. The minimum atomic E-state index is -4.63. The van der Waals surface area contributed by atoms with Crippen LogP contribution in [0.5, 0.6) is 5.75 Å². The van der Waals surface area contributed by atoms with Gasteiger partial charge in [-0.3, -0.25) is 9.97 Å². The summed E-state index contributed by atoms with van der Waals surface area (Å²) in [5.41, 5.74) is 1.84. The van der Waals surface area contributed by atoms with Crippen molar-refractivity contribution in [3.63, 3.8) is 0 Å². The van der Waals surface area contributed by atoms with Crippen molar-refractivity contribution in [1.29, 1.82) is 0 Å². The fraction of sp³-hybridized carbons (Fsp3) is 0.400. The lowest BCUT2D eigenvalue weighted by Gasteiger charge is -2.29. The average molecular weight is 491 g/mol. The molecule has 1 N–H and O–H groups in total. The second-order valence-corrected chi connectivity index (χ2v) is 9.06. The molecule has 1 unspecified atom stereocenters. The fourth-order valence-corrected chi connectivity index (χ4v) is 4.89. The summed E-state index contributed by atoms with van der Waals surface area (Å²) in [4.78, 5) is 13.4. The SMILES string of the molecule is [O-][S+](Cc1nccc(N2CCCCC2)c1Cl)c1nc2cc(OC(F)(F)C(F)F)ccc2[nH]1. The monoisotopic (exact) mass is 490 g/mol. The van der Waals surface area contributed by atoms with Crippen LogP contribution in [0.1, 0.15) is 25.0 Å². The number of hydrogen-bond donors (Lipinski definition) is 1. The Hall–Kier alpha value is -2.24. The largest absolute Gasteiger partial charge is 0.609 e. The molecule has 0 saturated carbocycles. The van der Waals surface area contributed by atoms with Gasteiger partial charge < -0.3 is 14.2 Å². The number of pyridine rings is 1. The first-order valence-electron chi connectivity index (χ1n) is 9.86. The van der Waals surface area contributed by atoms with Crippen LogP contribution in [0.4, 0.5) is 23.2 Å². The second kappa shape index (κ2) is 9.32. The standard InChI is InChI=1S/C20H19ClF4N4O2S/c21-17-15(26-7-6-16(17)29-8-2-1-3-9-29)11-32(30)19-27-13-5-4-12(10-14(13)28-19)31-20(24,25)18(22)23/h4-7,10,18H,1-3,8-9,11H2,(H,27,28). The lowest BCUT2D eigenvalue weighted by atomic mass is 10.1. The Balaban J connectivity index is 1.52. The van der Waals surface area contributed by atoms with Gasteiger partial charge >= 0.3 is 17.7 Å². The van der Waals surface area contributed by atoms with Gasteiger partial charge in [0, 0.05) is 36.5 Å². The molecule has 1 aliphatic rings. The van der Waals surface area contributed by atoms with Gasteiger partial charge in [0.25, 0.3) is 0 Å². The molecule has 6 nitrogen and oxygen atoms in total. The van der Waals surface area contributed by atoms with Gasteiger partial charge in [-0.05, 0) is 37.5 Å². The number of aromatic amines is 1. The van der Waals surface area contributed by atoms with Crippen molar-refractivity contribution in [3.05, 3.63) is 41.2 Å². The predicted octanol–water partition coefficient (Wildman–Crippen LogP) is 5.15. The van der Waals surface area contributed by atoms with Crippen LogP contribution in [-0.4, -0.2) is 45.1 Å². The molecule has 2 aromatic heterocycles. The highest BCUT2D eigenvalue weighted by atomic mass is 35.5. The molecule has 12 heteroatoms. The molecule has 0 bridgehead atoms. The van der Waals surface area contributed by atoms with Crippen molar-refractivity contribution in [3.8, 4) is 5.75 Å². The number of imidazole rings is 1. The van der Waals surface area contributed by atoms with E-state index < -0.39 is 29.5 Å². The van der Waals surface area contributed by atoms with Gasteiger partial charge in [0.15, 0.2) is 5.75 Å². The highest BCUT2D eigenvalue weighted by molar-refractivity contribution is 7.90. The highest BCUT2D eigenvalue weighted by Gasteiger charge is 2.44. The average Bonchev–Trinajstić information content (AvgIpc) is 3.19. The normalized spacial score (nSPS) is 16.0. The summed E-state index contributed by atoms with van der Waals surface area (Å²) in [5.74, 6) is -0.488. The number of anilines is 1. The summed E-state index contributed by atoms with van der Waals surface area (Å²) in [6.45, 7) is 1.79. The number of benzene rings is 1. The fourth-order valence-electron chi connectivity index (χ4n) is 3.48. The first-order chi connectivity index (χ1) is 15.2. The van der Waals surface area contributed by atoms with E-state index in [9.17, 15) is 22.1 Å². The summed E-state index contributed by atoms with van der Waals surface area (Å²) < 4.78 is 67.9. The Bertz CT molecular complexity index is 1090. The molecule has 1 atom stereocenters. The van der Waals surface area contributed by atoms with Crippen LogP contribution in [0.25, 0.3) is 11.0 Å². The lowest BCUT2D eigenvalue weighted by Crippen LogP contribution is -2.33. The number of nitrogens with zero attached hydrogens (tertiary/aromatic N) is 3. The number of nitrogens with one attached hydrogen (secondary N) is 1. The lowest BCUT2D eigenvalue weighted by molar-refractivity contribution is -0.253.